The first-order chi connectivity index (χ1) is 6.66. The van der Waals surface area contributed by atoms with Gasteiger partial charge < -0.3 is 9.47 Å². The van der Waals surface area contributed by atoms with Gasteiger partial charge in [0.2, 0.25) is 0 Å². The average molecular weight is 198 g/mol. The van der Waals surface area contributed by atoms with Gasteiger partial charge in [-0.15, -0.1) is 0 Å². The third kappa shape index (κ3) is 1.80. The lowest BCUT2D eigenvalue weighted by Gasteiger charge is -2.26. The fourth-order valence-electron chi connectivity index (χ4n) is 2.38. The molecule has 0 saturated carbocycles. The minimum absolute atomic E-state index is 0.126. The van der Waals surface area contributed by atoms with Crippen LogP contribution in [0.2, 0.25) is 0 Å². The van der Waals surface area contributed by atoms with Crippen LogP contribution in [0.25, 0.3) is 0 Å². The van der Waals surface area contributed by atoms with E-state index in [9.17, 15) is 9.59 Å². The largest absolute Gasteiger partial charge is 0.393 e. The van der Waals surface area contributed by atoms with E-state index in [2.05, 4.69) is 4.74 Å². The Kier molecular flexibility index (Phi) is 2.54. The van der Waals surface area contributed by atoms with Gasteiger partial charge in [-0.25, -0.2) is 0 Å². The Bertz CT molecular complexity index is 245. The summed E-state index contributed by atoms with van der Waals surface area (Å²) in [5.41, 5.74) is 0. The molecule has 0 aromatic carbocycles. The zero-order valence-electron chi connectivity index (χ0n) is 8.19. The molecule has 0 radical (unpaired) electrons. The van der Waals surface area contributed by atoms with Crippen LogP contribution in [0, 0.1) is 11.8 Å². The molecule has 0 bridgehead atoms. The summed E-state index contributed by atoms with van der Waals surface area (Å²) in [7, 11) is 0. The maximum atomic E-state index is 11.1. The van der Waals surface area contributed by atoms with Crippen molar-refractivity contribution in [2.75, 3.05) is 6.61 Å². The van der Waals surface area contributed by atoms with Gasteiger partial charge in [0.25, 0.3) is 0 Å². The highest BCUT2D eigenvalue weighted by Gasteiger charge is 2.38. The molecule has 2 heterocycles. The topological polar surface area (TPSA) is 52.6 Å². The van der Waals surface area contributed by atoms with Gasteiger partial charge in [-0.05, 0) is 25.2 Å². The Morgan fingerprint density at radius 1 is 1.21 bits per heavy atom. The standard InChI is InChI=1S/C10H14O4/c1-6-8(2-3-13-6)7-4-9(11)14-10(12)5-7/h6-8H,2-5H2,1H3. The van der Waals surface area contributed by atoms with Crippen molar-refractivity contribution in [3.05, 3.63) is 0 Å². The zero-order chi connectivity index (χ0) is 10.1. The van der Waals surface area contributed by atoms with E-state index in [1.807, 2.05) is 6.92 Å². The second-order valence-corrected chi connectivity index (χ2v) is 4.04. The van der Waals surface area contributed by atoms with Gasteiger partial charge in [0, 0.05) is 19.4 Å². The fraction of sp³-hybridized carbons (Fsp3) is 0.800. The van der Waals surface area contributed by atoms with Crippen molar-refractivity contribution in [3.8, 4) is 0 Å². The first-order valence-corrected chi connectivity index (χ1v) is 5.02. The molecule has 0 amide bonds. The Labute approximate surface area is 82.6 Å². The number of ether oxygens (including phenoxy) is 2. The van der Waals surface area contributed by atoms with E-state index < -0.39 is 0 Å². The minimum atomic E-state index is -0.384. The maximum Gasteiger partial charge on any atom is 0.313 e. The number of rotatable bonds is 1. The van der Waals surface area contributed by atoms with E-state index >= 15 is 0 Å². The summed E-state index contributed by atoms with van der Waals surface area (Å²) >= 11 is 0. The van der Waals surface area contributed by atoms with Gasteiger partial charge in [0.15, 0.2) is 0 Å². The maximum absolute atomic E-state index is 11.1. The van der Waals surface area contributed by atoms with Crippen molar-refractivity contribution in [2.45, 2.75) is 32.3 Å². The highest BCUT2D eigenvalue weighted by molar-refractivity contribution is 5.88. The molecule has 2 rings (SSSR count). The lowest BCUT2D eigenvalue weighted by molar-refractivity contribution is -0.166. The monoisotopic (exact) mass is 198 g/mol. The van der Waals surface area contributed by atoms with Gasteiger partial charge in [-0.1, -0.05) is 0 Å². The molecule has 0 aromatic heterocycles. The molecule has 0 aromatic rings. The minimum Gasteiger partial charge on any atom is -0.393 e. The summed E-state index contributed by atoms with van der Waals surface area (Å²) in [6.07, 6.45) is 1.85. The molecule has 2 unspecified atom stereocenters. The summed E-state index contributed by atoms with van der Waals surface area (Å²) in [4.78, 5) is 22.1. The number of cyclic esters (lactones) is 2. The number of carbonyl (C=O) groups is 2. The van der Waals surface area contributed by atoms with Crippen LogP contribution >= 0.6 is 0 Å². The predicted molar refractivity (Wildman–Crippen MR) is 47.3 cm³/mol. The second-order valence-electron chi connectivity index (χ2n) is 4.04. The average Bonchev–Trinajstić information content (AvgIpc) is 2.49. The van der Waals surface area contributed by atoms with Gasteiger partial charge in [-0.2, -0.15) is 0 Å². The van der Waals surface area contributed by atoms with Crippen LogP contribution in [-0.4, -0.2) is 24.6 Å². The highest BCUT2D eigenvalue weighted by Crippen LogP contribution is 2.34. The Morgan fingerprint density at radius 3 is 2.36 bits per heavy atom. The molecule has 78 valence electrons. The second kappa shape index (κ2) is 3.69. The molecule has 0 spiro atoms. The first kappa shape index (κ1) is 9.65. The van der Waals surface area contributed by atoms with E-state index in [-0.39, 0.29) is 24.0 Å². The summed E-state index contributed by atoms with van der Waals surface area (Å²) < 4.78 is 9.92. The summed E-state index contributed by atoms with van der Waals surface area (Å²) in [6.45, 7) is 2.74. The zero-order valence-corrected chi connectivity index (χ0v) is 8.19. The number of carbonyl (C=O) groups excluding carboxylic acids is 2. The summed E-state index contributed by atoms with van der Waals surface area (Å²) in [5, 5.41) is 0. The van der Waals surface area contributed by atoms with Crippen molar-refractivity contribution >= 4 is 11.9 Å². The highest BCUT2D eigenvalue weighted by atomic mass is 16.6. The van der Waals surface area contributed by atoms with Crippen LogP contribution in [0.1, 0.15) is 26.2 Å². The normalized spacial score (nSPS) is 34.6. The van der Waals surface area contributed by atoms with Crippen LogP contribution in [0.15, 0.2) is 0 Å². The van der Waals surface area contributed by atoms with Gasteiger partial charge in [0.1, 0.15) is 0 Å². The quantitative estimate of drug-likeness (QED) is 0.464. The summed E-state index contributed by atoms with van der Waals surface area (Å²) in [5.74, 6) is -0.302. The smallest absolute Gasteiger partial charge is 0.313 e. The third-order valence-electron chi connectivity index (χ3n) is 3.13. The predicted octanol–water partition coefficient (Wildman–Crippen LogP) is 0.891. The first-order valence-electron chi connectivity index (χ1n) is 5.02. The van der Waals surface area contributed by atoms with Gasteiger partial charge in [-0.3, -0.25) is 9.59 Å². The molecule has 4 nitrogen and oxygen atoms in total. The molecule has 4 heteroatoms. The molecule has 0 N–H and O–H groups in total. The van der Waals surface area contributed by atoms with Crippen LogP contribution in [-0.2, 0) is 19.1 Å². The van der Waals surface area contributed by atoms with Crippen LogP contribution < -0.4 is 0 Å². The Balaban J connectivity index is 2.02. The Morgan fingerprint density at radius 2 is 1.86 bits per heavy atom. The van der Waals surface area contributed by atoms with Crippen LogP contribution in [0.3, 0.4) is 0 Å². The van der Waals surface area contributed by atoms with Gasteiger partial charge in [0.05, 0.1) is 6.10 Å². The lowest BCUT2D eigenvalue weighted by Crippen LogP contribution is -2.32. The van der Waals surface area contributed by atoms with E-state index in [0.29, 0.717) is 18.8 Å². The summed E-state index contributed by atoms with van der Waals surface area (Å²) in [6, 6.07) is 0. The van der Waals surface area contributed by atoms with E-state index in [4.69, 9.17) is 4.74 Å². The molecule has 2 fully saturated rings. The fourth-order valence-corrected chi connectivity index (χ4v) is 2.38. The Hall–Kier alpha value is -0.900. The van der Waals surface area contributed by atoms with E-state index in [1.54, 1.807) is 0 Å². The van der Waals surface area contributed by atoms with Crippen molar-refractivity contribution in [1.82, 2.24) is 0 Å². The molecular formula is C10H14O4. The van der Waals surface area contributed by atoms with Crippen molar-refractivity contribution in [3.63, 3.8) is 0 Å². The molecule has 0 aliphatic carbocycles. The van der Waals surface area contributed by atoms with Crippen molar-refractivity contribution < 1.29 is 19.1 Å². The lowest BCUT2D eigenvalue weighted by atomic mass is 9.82. The third-order valence-corrected chi connectivity index (χ3v) is 3.13. The molecule has 2 aliphatic rings. The molecule has 14 heavy (non-hydrogen) atoms. The van der Waals surface area contributed by atoms with Gasteiger partial charge >= 0.3 is 11.9 Å². The van der Waals surface area contributed by atoms with E-state index in [0.717, 1.165) is 13.0 Å². The van der Waals surface area contributed by atoms with Crippen LogP contribution in [0.4, 0.5) is 0 Å². The number of hydrogen-bond donors (Lipinski definition) is 0. The molecule has 2 atom stereocenters. The molecule has 2 saturated heterocycles. The van der Waals surface area contributed by atoms with Crippen LogP contribution in [0.5, 0.6) is 0 Å². The number of esters is 2. The van der Waals surface area contributed by atoms with Crippen molar-refractivity contribution in [2.24, 2.45) is 11.8 Å². The van der Waals surface area contributed by atoms with E-state index in [1.165, 1.54) is 0 Å². The SMILES string of the molecule is CC1OCCC1C1CC(=O)OC(=O)C1. The number of hydrogen-bond acceptors (Lipinski definition) is 4. The van der Waals surface area contributed by atoms with Crippen molar-refractivity contribution in [1.29, 1.82) is 0 Å². The molecular weight excluding hydrogens is 184 g/mol. The molecule has 2 aliphatic heterocycles.